The molecule has 2 unspecified atom stereocenters. The Morgan fingerprint density at radius 2 is 1.57 bits per heavy atom. The highest BCUT2D eigenvalue weighted by Crippen LogP contribution is 2.22. The number of unbranched alkanes of at least 4 members (excludes halogenated alkanes) is 2. The van der Waals surface area contributed by atoms with E-state index in [1.165, 1.54) is 50.9 Å². The number of nitrogens with one attached hydrogen (secondary N) is 1. The lowest BCUT2D eigenvalue weighted by molar-refractivity contribution is 0.208. The Morgan fingerprint density at radius 1 is 1.00 bits per heavy atom. The fraction of sp³-hybridized carbons (Fsp3) is 0.684. The van der Waals surface area contributed by atoms with Crippen molar-refractivity contribution in [3.8, 4) is 0 Å². The van der Waals surface area contributed by atoms with Crippen molar-refractivity contribution in [2.45, 2.75) is 52.5 Å². The molecule has 0 aliphatic carbocycles. The van der Waals surface area contributed by atoms with Crippen molar-refractivity contribution in [3.05, 3.63) is 35.9 Å². The molecule has 2 nitrogen and oxygen atoms in total. The van der Waals surface area contributed by atoms with Gasteiger partial charge in [0.05, 0.1) is 0 Å². The number of benzene rings is 1. The number of hydrogen-bond donors (Lipinski definition) is 1. The zero-order chi connectivity index (χ0) is 15.5. The van der Waals surface area contributed by atoms with Crippen molar-refractivity contribution in [2.24, 2.45) is 5.92 Å². The Balaban J connectivity index is 2.62. The maximum atomic E-state index is 3.51. The monoisotopic (exact) mass is 290 g/mol. The van der Waals surface area contributed by atoms with E-state index in [0.29, 0.717) is 12.0 Å². The Kier molecular flexibility index (Phi) is 9.36. The second kappa shape index (κ2) is 10.8. The lowest BCUT2D eigenvalue weighted by Gasteiger charge is -2.30. The van der Waals surface area contributed by atoms with Crippen LogP contribution in [0.4, 0.5) is 0 Å². The van der Waals surface area contributed by atoms with E-state index in [9.17, 15) is 0 Å². The van der Waals surface area contributed by atoms with Gasteiger partial charge in [-0.25, -0.2) is 0 Å². The molecular weight excluding hydrogens is 256 g/mol. The van der Waals surface area contributed by atoms with Gasteiger partial charge in [-0.05, 0) is 44.5 Å². The van der Waals surface area contributed by atoms with Crippen molar-refractivity contribution in [3.63, 3.8) is 0 Å². The molecule has 1 aromatic carbocycles. The van der Waals surface area contributed by atoms with E-state index in [1.807, 2.05) is 0 Å². The normalized spacial score (nSPS) is 14.3. The summed E-state index contributed by atoms with van der Waals surface area (Å²) in [5.74, 6) is 0.617. The van der Waals surface area contributed by atoms with Crippen LogP contribution in [0.1, 0.15) is 58.1 Å². The van der Waals surface area contributed by atoms with Gasteiger partial charge in [0, 0.05) is 12.6 Å². The molecular formula is C19H34N2. The predicted molar refractivity (Wildman–Crippen MR) is 93.7 cm³/mol. The van der Waals surface area contributed by atoms with E-state index in [1.54, 1.807) is 0 Å². The maximum Gasteiger partial charge on any atom is 0.0355 e. The molecule has 0 aliphatic heterocycles. The van der Waals surface area contributed by atoms with E-state index >= 15 is 0 Å². The van der Waals surface area contributed by atoms with Gasteiger partial charge < -0.3 is 10.2 Å². The molecule has 1 N–H and O–H groups in total. The predicted octanol–water partition coefficient (Wildman–Crippen LogP) is 4.49. The summed E-state index contributed by atoms with van der Waals surface area (Å²) >= 11 is 0. The van der Waals surface area contributed by atoms with Crippen LogP contribution in [0.2, 0.25) is 0 Å². The van der Waals surface area contributed by atoms with Crippen LogP contribution < -0.4 is 5.32 Å². The van der Waals surface area contributed by atoms with Gasteiger partial charge in [-0.3, -0.25) is 0 Å². The van der Waals surface area contributed by atoms with E-state index in [-0.39, 0.29) is 0 Å². The molecule has 1 aromatic rings. The second-order valence-electron chi connectivity index (χ2n) is 6.16. The molecule has 0 radical (unpaired) electrons. The summed E-state index contributed by atoms with van der Waals surface area (Å²) in [6, 6.07) is 11.3. The molecule has 0 amide bonds. The number of hydrogen-bond acceptors (Lipinski definition) is 2. The summed E-state index contributed by atoms with van der Waals surface area (Å²) in [5, 5.41) is 3.51. The number of rotatable bonds is 11. The van der Waals surface area contributed by atoms with Gasteiger partial charge in [-0.1, -0.05) is 63.9 Å². The minimum Gasteiger partial charge on any atom is -0.313 e. The standard InChI is InChI=1S/C19H34N2/c1-5-7-14-21(15-8-6-2)16-17(3)19(20-4)18-12-10-9-11-13-18/h9-13,17,19-20H,5-8,14-16H2,1-4H3. The van der Waals surface area contributed by atoms with E-state index < -0.39 is 0 Å². The lowest BCUT2D eigenvalue weighted by atomic mass is 9.94. The third kappa shape index (κ3) is 6.62. The average Bonchev–Trinajstić information content (AvgIpc) is 2.51. The van der Waals surface area contributed by atoms with Crippen molar-refractivity contribution in [1.82, 2.24) is 10.2 Å². The quantitative estimate of drug-likeness (QED) is 0.646. The highest BCUT2D eigenvalue weighted by Gasteiger charge is 2.19. The topological polar surface area (TPSA) is 15.3 Å². The van der Waals surface area contributed by atoms with Gasteiger partial charge in [0.2, 0.25) is 0 Å². The summed E-state index contributed by atoms with van der Waals surface area (Å²) in [5.41, 5.74) is 1.40. The highest BCUT2D eigenvalue weighted by atomic mass is 15.1. The Bertz CT molecular complexity index is 342. The van der Waals surface area contributed by atoms with Crippen LogP contribution in [0.5, 0.6) is 0 Å². The van der Waals surface area contributed by atoms with Crippen molar-refractivity contribution < 1.29 is 0 Å². The summed E-state index contributed by atoms with van der Waals surface area (Å²) in [7, 11) is 2.08. The first-order valence-electron chi connectivity index (χ1n) is 8.67. The molecule has 0 aliphatic rings. The molecule has 0 fully saturated rings. The summed E-state index contributed by atoms with van der Waals surface area (Å²) < 4.78 is 0. The number of nitrogens with zero attached hydrogens (tertiary/aromatic N) is 1. The molecule has 0 heterocycles. The first kappa shape index (κ1) is 18.2. The molecule has 0 bridgehead atoms. The summed E-state index contributed by atoms with van der Waals surface area (Å²) in [6.45, 7) is 10.6. The molecule has 0 spiro atoms. The van der Waals surface area contributed by atoms with Gasteiger partial charge >= 0.3 is 0 Å². The van der Waals surface area contributed by atoms with Gasteiger partial charge in [0.1, 0.15) is 0 Å². The van der Waals surface area contributed by atoms with Crippen LogP contribution in [0.3, 0.4) is 0 Å². The van der Waals surface area contributed by atoms with Crippen LogP contribution in [0.15, 0.2) is 30.3 Å². The minimum absolute atomic E-state index is 0.442. The molecule has 2 heteroatoms. The SMILES string of the molecule is CCCCN(CCCC)CC(C)C(NC)c1ccccc1. The fourth-order valence-electron chi connectivity index (χ4n) is 3.01. The zero-order valence-corrected chi connectivity index (χ0v) is 14.4. The molecule has 1 rings (SSSR count). The zero-order valence-electron chi connectivity index (χ0n) is 14.4. The van der Waals surface area contributed by atoms with E-state index in [2.05, 4.69) is 68.4 Å². The van der Waals surface area contributed by atoms with E-state index in [0.717, 1.165) is 0 Å². The molecule has 21 heavy (non-hydrogen) atoms. The van der Waals surface area contributed by atoms with Crippen LogP contribution >= 0.6 is 0 Å². The van der Waals surface area contributed by atoms with Gasteiger partial charge in [0.15, 0.2) is 0 Å². The maximum absolute atomic E-state index is 3.51. The van der Waals surface area contributed by atoms with E-state index in [4.69, 9.17) is 0 Å². The van der Waals surface area contributed by atoms with Crippen LogP contribution in [0, 0.1) is 5.92 Å². The van der Waals surface area contributed by atoms with Crippen molar-refractivity contribution >= 4 is 0 Å². The molecule has 2 atom stereocenters. The van der Waals surface area contributed by atoms with Crippen LogP contribution in [0.25, 0.3) is 0 Å². The molecule has 120 valence electrons. The first-order valence-corrected chi connectivity index (χ1v) is 8.67. The summed E-state index contributed by atoms with van der Waals surface area (Å²) in [6.07, 6.45) is 5.19. The Morgan fingerprint density at radius 3 is 2.05 bits per heavy atom. The summed E-state index contributed by atoms with van der Waals surface area (Å²) in [4.78, 5) is 2.66. The smallest absolute Gasteiger partial charge is 0.0355 e. The Hall–Kier alpha value is -0.860. The highest BCUT2D eigenvalue weighted by molar-refractivity contribution is 5.19. The third-order valence-corrected chi connectivity index (χ3v) is 4.24. The molecule has 0 saturated carbocycles. The third-order valence-electron chi connectivity index (χ3n) is 4.24. The molecule has 0 saturated heterocycles. The fourth-order valence-corrected chi connectivity index (χ4v) is 3.01. The van der Waals surface area contributed by atoms with Gasteiger partial charge in [0.25, 0.3) is 0 Å². The average molecular weight is 290 g/mol. The van der Waals surface area contributed by atoms with Crippen LogP contribution in [-0.2, 0) is 0 Å². The Labute approximate surface area is 131 Å². The largest absolute Gasteiger partial charge is 0.313 e. The molecule has 0 aromatic heterocycles. The van der Waals surface area contributed by atoms with Crippen molar-refractivity contribution in [1.29, 1.82) is 0 Å². The minimum atomic E-state index is 0.442. The van der Waals surface area contributed by atoms with Crippen molar-refractivity contribution in [2.75, 3.05) is 26.7 Å². The van der Waals surface area contributed by atoms with Gasteiger partial charge in [-0.15, -0.1) is 0 Å². The first-order chi connectivity index (χ1) is 10.2. The lowest BCUT2D eigenvalue weighted by Crippen LogP contribution is -2.36. The van der Waals surface area contributed by atoms with Gasteiger partial charge in [-0.2, -0.15) is 0 Å². The van der Waals surface area contributed by atoms with Crippen LogP contribution in [-0.4, -0.2) is 31.6 Å². The second-order valence-corrected chi connectivity index (χ2v) is 6.16.